The molecule has 0 fully saturated rings. The standard InChI is InChI=1S/C13H24F3NO2/c1-9(2)6-12(7-10(3)4,11(18)19-5)17-8-13(14,15)16/h9-10,17H,6-8H2,1-5H3. The molecule has 6 heteroatoms. The molecule has 0 saturated carbocycles. The number of carbonyl (C=O) groups excluding carboxylic acids is 1. The highest BCUT2D eigenvalue weighted by molar-refractivity contribution is 5.80. The molecule has 0 saturated heterocycles. The summed E-state index contributed by atoms with van der Waals surface area (Å²) in [6.45, 7) is 6.28. The van der Waals surface area contributed by atoms with Crippen molar-refractivity contribution in [2.45, 2.75) is 52.3 Å². The van der Waals surface area contributed by atoms with Crippen molar-refractivity contribution < 1.29 is 22.7 Å². The minimum Gasteiger partial charge on any atom is -0.468 e. The van der Waals surface area contributed by atoms with E-state index in [1.807, 2.05) is 27.7 Å². The number of halogens is 3. The largest absolute Gasteiger partial charge is 0.468 e. The average molecular weight is 283 g/mol. The molecule has 19 heavy (non-hydrogen) atoms. The van der Waals surface area contributed by atoms with Crippen molar-refractivity contribution in [2.24, 2.45) is 11.8 Å². The first-order valence-electron chi connectivity index (χ1n) is 6.42. The van der Waals surface area contributed by atoms with E-state index in [9.17, 15) is 18.0 Å². The van der Waals surface area contributed by atoms with Gasteiger partial charge in [0.15, 0.2) is 0 Å². The van der Waals surface area contributed by atoms with Gasteiger partial charge >= 0.3 is 12.1 Å². The van der Waals surface area contributed by atoms with Gasteiger partial charge < -0.3 is 4.74 Å². The predicted octanol–water partition coefficient (Wildman–Crippen LogP) is 3.14. The molecule has 0 heterocycles. The fraction of sp³-hybridized carbons (Fsp3) is 0.923. The fourth-order valence-electron chi connectivity index (χ4n) is 2.33. The van der Waals surface area contributed by atoms with Crippen molar-refractivity contribution in [1.29, 1.82) is 0 Å². The Morgan fingerprint density at radius 1 is 1.11 bits per heavy atom. The smallest absolute Gasteiger partial charge is 0.401 e. The number of ether oxygens (including phenoxy) is 1. The van der Waals surface area contributed by atoms with Crippen LogP contribution in [0.15, 0.2) is 0 Å². The Hall–Kier alpha value is -0.780. The van der Waals surface area contributed by atoms with Gasteiger partial charge in [0.05, 0.1) is 13.7 Å². The third-order valence-corrected chi connectivity index (χ3v) is 2.72. The number of hydrogen-bond acceptors (Lipinski definition) is 3. The molecule has 0 radical (unpaired) electrons. The van der Waals surface area contributed by atoms with Crippen LogP contribution in [0.25, 0.3) is 0 Å². The van der Waals surface area contributed by atoms with E-state index in [0.29, 0.717) is 12.8 Å². The van der Waals surface area contributed by atoms with E-state index in [1.54, 1.807) is 0 Å². The Kier molecular flexibility index (Phi) is 6.83. The van der Waals surface area contributed by atoms with Gasteiger partial charge in [-0.15, -0.1) is 0 Å². The lowest BCUT2D eigenvalue weighted by atomic mass is 9.81. The van der Waals surface area contributed by atoms with Crippen LogP contribution < -0.4 is 5.32 Å². The lowest BCUT2D eigenvalue weighted by Gasteiger charge is -2.35. The Balaban J connectivity index is 5.17. The molecule has 0 aliphatic carbocycles. The Morgan fingerprint density at radius 3 is 1.79 bits per heavy atom. The second-order valence-electron chi connectivity index (χ2n) is 5.74. The van der Waals surface area contributed by atoms with Gasteiger partial charge in [0, 0.05) is 0 Å². The van der Waals surface area contributed by atoms with Crippen LogP contribution in [-0.2, 0) is 9.53 Å². The lowest BCUT2D eigenvalue weighted by molar-refractivity contribution is -0.155. The van der Waals surface area contributed by atoms with E-state index < -0.39 is 24.2 Å². The highest BCUT2D eigenvalue weighted by Gasteiger charge is 2.43. The third-order valence-electron chi connectivity index (χ3n) is 2.72. The van der Waals surface area contributed by atoms with Crippen LogP contribution in [-0.4, -0.2) is 31.3 Å². The van der Waals surface area contributed by atoms with Gasteiger partial charge in [-0.05, 0) is 24.7 Å². The second-order valence-corrected chi connectivity index (χ2v) is 5.74. The van der Waals surface area contributed by atoms with Gasteiger partial charge in [0.25, 0.3) is 0 Å². The van der Waals surface area contributed by atoms with E-state index in [0.717, 1.165) is 0 Å². The molecule has 0 bridgehead atoms. The molecule has 0 unspecified atom stereocenters. The Morgan fingerprint density at radius 2 is 1.53 bits per heavy atom. The van der Waals surface area contributed by atoms with Crippen LogP contribution in [0, 0.1) is 11.8 Å². The molecule has 0 aromatic rings. The summed E-state index contributed by atoms with van der Waals surface area (Å²) < 4.78 is 42.0. The van der Waals surface area contributed by atoms with Gasteiger partial charge in [0.1, 0.15) is 5.54 Å². The normalized spacial score (nSPS) is 13.2. The average Bonchev–Trinajstić information content (AvgIpc) is 2.22. The number of alkyl halides is 3. The highest BCUT2D eigenvalue weighted by atomic mass is 19.4. The monoisotopic (exact) mass is 283 g/mol. The minimum absolute atomic E-state index is 0.0820. The molecule has 0 aromatic carbocycles. The van der Waals surface area contributed by atoms with E-state index in [-0.39, 0.29) is 11.8 Å². The maximum absolute atomic E-state index is 12.4. The minimum atomic E-state index is -4.35. The number of nitrogens with one attached hydrogen (secondary N) is 1. The van der Waals surface area contributed by atoms with Crippen LogP contribution in [0.3, 0.4) is 0 Å². The summed E-state index contributed by atoms with van der Waals surface area (Å²) in [5.41, 5.74) is -1.27. The van der Waals surface area contributed by atoms with Crippen LogP contribution >= 0.6 is 0 Å². The molecule has 0 aliphatic heterocycles. The van der Waals surface area contributed by atoms with E-state index in [1.165, 1.54) is 7.11 Å². The van der Waals surface area contributed by atoms with Crippen LogP contribution in [0.5, 0.6) is 0 Å². The van der Waals surface area contributed by atoms with E-state index in [4.69, 9.17) is 4.74 Å². The van der Waals surface area contributed by atoms with Crippen molar-refractivity contribution in [3.05, 3.63) is 0 Å². The quantitative estimate of drug-likeness (QED) is 0.729. The first kappa shape index (κ1) is 18.2. The molecular weight excluding hydrogens is 259 g/mol. The Bertz CT molecular complexity index is 278. The number of methoxy groups -OCH3 is 1. The molecule has 3 nitrogen and oxygen atoms in total. The molecule has 0 spiro atoms. The lowest BCUT2D eigenvalue weighted by Crippen LogP contribution is -2.56. The maximum Gasteiger partial charge on any atom is 0.401 e. The molecule has 114 valence electrons. The summed E-state index contributed by atoms with van der Waals surface area (Å²) in [6, 6.07) is 0. The summed E-state index contributed by atoms with van der Waals surface area (Å²) >= 11 is 0. The van der Waals surface area contributed by atoms with Gasteiger partial charge in [-0.3, -0.25) is 10.1 Å². The Labute approximate surface area is 112 Å². The highest BCUT2D eigenvalue weighted by Crippen LogP contribution is 2.28. The number of carbonyl (C=O) groups is 1. The molecule has 0 aliphatic rings. The molecule has 0 rings (SSSR count). The summed E-state index contributed by atoms with van der Waals surface area (Å²) in [6.07, 6.45) is -3.73. The first-order chi connectivity index (χ1) is 8.52. The molecule has 0 amide bonds. The van der Waals surface area contributed by atoms with Crippen molar-refractivity contribution in [3.8, 4) is 0 Å². The molecule has 1 N–H and O–H groups in total. The summed E-state index contributed by atoms with van der Waals surface area (Å²) in [7, 11) is 1.20. The summed E-state index contributed by atoms with van der Waals surface area (Å²) in [5, 5.41) is 2.39. The SMILES string of the molecule is COC(=O)C(CC(C)C)(CC(C)C)NCC(F)(F)F. The molecule has 0 aromatic heterocycles. The number of esters is 1. The third kappa shape index (κ3) is 6.80. The summed E-state index contributed by atoms with van der Waals surface area (Å²) in [4.78, 5) is 12.0. The molecular formula is C13H24F3NO2. The topological polar surface area (TPSA) is 38.3 Å². The maximum atomic E-state index is 12.4. The van der Waals surface area contributed by atoms with Gasteiger partial charge in [0.2, 0.25) is 0 Å². The zero-order chi connectivity index (χ0) is 15.3. The zero-order valence-electron chi connectivity index (χ0n) is 12.2. The predicted molar refractivity (Wildman–Crippen MR) is 67.7 cm³/mol. The number of hydrogen-bond donors (Lipinski definition) is 1. The summed E-state index contributed by atoms with van der Waals surface area (Å²) in [5.74, 6) is -0.462. The van der Waals surface area contributed by atoms with E-state index in [2.05, 4.69) is 5.32 Å². The van der Waals surface area contributed by atoms with Gasteiger partial charge in [-0.25, -0.2) is 0 Å². The fourth-order valence-corrected chi connectivity index (χ4v) is 2.33. The van der Waals surface area contributed by atoms with Gasteiger partial charge in [-0.2, -0.15) is 13.2 Å². The number of rotatable bonds is 7. The van der Waals surface area contributed by atoms with Crippen molar-refractivity contribution in [2.75, 3.05) is 13.7 Å². The van der Waals surface area contributed by atoms with Crippen molar-refractivity contribution in [1.82, 2.24) is 5.32 Å². The van der Waals surface area contributed by atoms with Crippen LogP contribution in [0.2, 0.25) is 0 Å². The van der Waals surface area contributed by atoms with Crippen molar-refractivity contribution in [3.63, 3.8) is 0 Å². The van der Waals surface area contributed by atoms with Crippen molar-refractivity contribution >= 4 is 5.97 Å². The molecule has 0 atom stereocenters. The van der Waals surface area contributed by atoms with Gasteiger partial charge in [-0.1, -0.05) is 27.7 Å². The first-order valence-corrected chi connectivity index (χ1v) is 6.42. The second kappa shape index (κ2) is 7.12. The van der Waals surface area contributed by atoms with Crippen LogP contribution in [0.1, 0.15) is 40.5 Å². The zero-order valence-corrected chi connectivity index (χ0v) is 12.2. The van der Waals surface area contributed by atoms with Crippen LogP contribution in [0.4, 0.5) is 13.2 Å². The van der Waals surface area contributed by atoms with E-state index >= 15 is 0 Å².